The maximum absolute atomic E-state index is 12.2. The van der Waals surface area contributed by atoms with E-state index in [0.29, 0.717) is 5.56 Å². The molecular weight excluding hydrogens is 236 g/mol. The van der Waals surface area contributed by atoms with Gasteiger partial charge in [0.05, 0.1) is 26.0 Å². The van der Waals surface area contributed by atoms with E-state index in [1.165, 1.54) is 4.90 Å². The van der Waals surface area contributed by atoms with Crippen molar-refractivity contribution in [2.24, 2.45) is 0 Å². The number of benzene rings is 1. The first-order valence-corrected chi connectivity index (χ1v) is 6.29. The van der Waals surface area contributed by atoms with Gasteiger partial charge in [0.1, 0.15) is 0 Å². The van der Waals surface area contributed by atoms with E-state index in [2.05, 4.69) is 4.98 Å². The number of pyridine rings is 1. The zero-order valence-corrected chi connectivity index (χ0v) is 11.0. The van der Waals surface area contributed by atoms with Crippen LogP contribution in [0.2, 0.25) is 0 Å². The summed E-state index contributed by atoms with van der Waals surface area (Å²) in [7, 11) is 4.09. The molecular formula is C16H15N2O+. The molecule has 0 spiro atoms. The molecule has 0 saturated heterocycles. The van der Waals surface area contributed by atoms with Gasteiger partial charge in [-0.1, -0.05) is 24.3 Å². The van der Waals surface area contributed by atoms with Gasteiger partial charge in [-0.3, -0.25) is 9.78 Å². The number of carbonyl (C=O) groups is 1. The molecule has 0 radical (unpaired) electrons. The van der Waals surface area contributed by atoms with E-state index in [4.69, 9.17) is 0 Å². The van der Waals surface area contributed by atoms with Crippen molar-refractivity contribution < 1.29 is 9.69 Å². The Balaban J connectivity index is 2.11. The summed E-state index contributed by atoms with van der Waals surface area (Å²) in [4.78, 5) is 17.8. The second kappa shape index (κ2) is 4.44. The van der Waals surface area contributed by atoms with Crippen molar-refractivity contribution in [2.75, 3.05) is 14.1 Å². The average molecular weight is 251 g/mol. The lowest BCUT2D eigenvalue weighted by Gasteiger charge is -2.01. The average Bonchev–Trinajstić information content (AvgIpc) is 2.71. The fraction of sp³-hybridized carbons (Fsp3) is 0.125. The van der Waals surface area contributed by atoms with E-state index in [-0.39, 0.29) is 5.78 Å². The number of hydrogen-bond acceptors (Lipinski definition) is 2. The van der Waals surface area contributed by atoms with E-state index in [0.717, 1.165) is 22.4 Å². The van der Waals surface area contributed by atoms with Crippen molar-refractivity contribution in [1.29, 1.82) is 0 Å². The number of quaternary nitrogens is 1. The van der Waals surface area contributed by atoms with Crippen LogP contribution in [-0.4, -0.2) is 24.9 Å². The second-order valence-electron chi connectivity index (χ2n) is 4.94. The Kier molecular flexibility index (Phi) is 2.76. The highest BCUT2D eigenvalue weighted by Crippen LogP contribution is 2.36. The van der Waals surface area contributed by atoms with Gasteiger partial charge in [0, 0.05) is 23.4 Å². The van der Waals surface area contributed by atoms with Crippen molar-refractivity contribution in [2.45, 2.75) is 0 Å². The maximum Gasteiger partial charge on any atom is 0.195 e. The summed E-state index contributed by atoms with van der Waals surface area (Å²) < 4.78 is 0. The summed E-state index contributed by atoms with van der Waals surface area (Å²) in [5.74, 6) is 0.0758. The van der Waals surface area contributed by atoms with E-state index in [1.54, 1.807) is 6.20 Å². The Morgan fingerprint density at radius 2 is 1.79 bits per heavy atom. The molecule has 19 heavy (non-hydrogen) atoms. The van der Waals surface area contributed by atoms with E-state index in [1.807, 2.05) is 56.7 Å². The number of ketones is 1. The van der Waals surface area contributed by atoms with Gasteiger partial charge in [-0.05, 0) is 17.2 Å². The van der Waals surface area contributed by atoms with Crippen LogP contribution < -0.4 is 4.90 Å². The molecule has 2 aromatic rings. The van der Waals surface area contributed by atoms with Gasteiger partial charge in [-0.2, -0.15) is 0 Å². The van der Waals surface area contributed by atoms with Crippen LogP contribution in [0.5, 0.6) is 0 Å². The van der Waals surface area contributed by atoms with Crippen molar-refractivity contribution in [1.82, 2.24) is 4.98 Å². The molecule has 3 heteroatoms. The number of hydrogen-bond donors (Lipinski definition) is 1. The summed E-state index contributed by atoms with van der Waals surface area (Å²) >= 11 is 0. The Morgan fingerprint density at radius 1 is 1.05 bits per heavy atom. The molecule has 1 aliphatic carbocycles. The molecule has 0 atom stereocenters. The minimum absolute atomic E-state index is 0.0758. The molecule has 0 amide bonds. The highest BCUT2D eigenvalue weighted by Gasteiger charge is 2.26. The van der Waals surface area contributed by atoms with Crippen molar-refractivity contribution in [3.63, 3.8) is 0 Å². The van der Waals surface area contributed by atoms with Crippen LogP contribution in [0.4, 0.5) is 0 Å². The molecule has 0 fully saturated rings. The molecule has 1 aromatic carbocycles. The van der Waals surface area contributed by atoms with Crippen molar-refractivity contribution in [3.05, 3.63) is 59.5 Å². The normalized spacial score (nSPS) is 13.1. The van der Waals surface area contributed by atoms with Crippen LogP contribution in [-0.2, 0) is 0 Å². The van der Waals surface area contributed by atoms with Crippen LogP contribution in [0.25, 0.3) is 17.2 Å². The number of carbonyl (C=O) groups excluding carboxylic acids is 1. The second-order valence-corrected chi connectivity index (χ2v) is 4.94. The quantitative estimate of drug-likeness (QED) is 0.747. The summed E-state index contributed by atoms with van der Waals surface area (Å²) in [5, 5.41) is 0. The number of nitrogens with one attached hydrogen (secondary N) is 1. The van der Waals surface area contributed by atoms with Crippen LogP contribution in [0.15, 0.2) is 42.7 Å². The minimum Gasteiger partial charge on any atom is -0.313 e. The summed E-state index contributed by atoms with van der Waals surface area (Å²) in [5.41, 5.74) is 4.36. The number of aromatic nitrogens is 1. The first-order valence-electron chi connectivity index (χ1n) is 6.29. The molecule has 1 aliphatic rings. The van der Waals surface area contributed by atoms with Gasteiger partial charge in [0.25, 0.3) is 0 Å². The Morgan fingerprint density at radius 3 is 2.53 bits per heavy atom. The van der Waals surface area contributed by atoms with Gasteiger partial charge in [0.2, 0.25) is 0 Å². The lowest BCUT2D eigenvalue weighted by molar-refractivity contribution is -0.800. The molecule has 3 nitrogen and oxygen atoms in total. The van der Waals surface area contributed by atoms with Crippen LogP contribution in [0.3, 0.4) is 0 Å². The predicted octanol–water partition coefficient (Wildman–Crippen LogP) is 1.41. The Labute approximate surface area is 112 Å². The predicted molar refractivity (Wildman–Crippen MR) is 75.0 cm³/mol. The molecule has 1 heterocycles. The summed E-state index contributed by atoms with van der Waals surface area (Å²) in [6.07, 6.45) is 5.68. The monoisotopic (exact) mass is 251 g/mol. The van der Waals surface area contributed by atoms with Gasteiger partial charge >= 0.3 is 0 Å². The number of rotatable bonds is 2. The zero-order chi connectivity index (χ0) is 13.4. The van der Waals surface area contributed by atoms with E-state index < -0.39 is 0 Å². The van der Waals surface area contributed by atoms with Crippen LogP contribution >= 0.6 is 0 Å². The third-order valence-corrected chi connectivity index (χ3v) is 3.22. The lowest BCUT2D eigenvalue weighted by atomic mass is 10.1. The van der Waals surface area contributed by atoms with Gasteiger partial charge in [-0.15, -0.1) is 0 Å². The third kappa shape index (κ3) is 1.98. The molecule has 1 N–H and O–H groups in total. The van der Waals surface area contributed by atoms with Gasteiger partial charge < -0.3 is 4.90 Å². The third-order valence-electron chi connectivity index (χ3n) is 3.22. The largest absolute Gasteiger partial charge is 0.313 e. The number of nitrogens with zero attached hydrogens (tertiary/aromatic N) is 1. The molecule has 0 unspecified atom stereocenters. The van der Waals surface area contributed by atoms with E-state index >= 15 is 0 Å². The summed E-state index contributed by atoms with van der Waals surface area (Å²) in [6.45, 7) is 0. The van der Waals surface area contributed by atoms with Crippen LogP contribution in [0, 0.1) is 0 Å². The molecule has 3 rings (SSSR count). The van der Waals surface area contributed by atoms with Crippen LogP contribution in [0.1, 0.15) is 21.6 Å². The fourth-order valence-corrected chi connectivity index (χ4v) is 2.28. The summed E-state index contributed by atoms with van der Waals surface area (Å²) in [6, 6.07) is 9.70. The van der Waals surface area contributed by atoms with Crippen molar-refractivity contribution in [3.8, 4) is 11.1 Å². The topological polar surface area (TPSA) is 34.4 Å². The molecule has 1 aromatic heterocycles. The SMILES string of the molecule is C[NH+](C)/C=C/c1cc2c(cn1)C(=O)c1ccccc1-2. The Hall–Kier alpha value is -2.26. The molecule has 0 aliphatic heterocycles. The highest BCUT2D eigenvalue weighted by molar-refractivity contribution is 6.21. The smallest absolute Gasteiger partial charge is 0.195 e. The number of fused-ring (bicyclic) bond motifs is 3. The minimum atomic E-state index is 0.0758. The van der Waals surface area contributed by atoms with Gasteiger partial charge in [-0.25, -0.2) is 0 Å². The highest BCUT2D eigenvalue weighted by atomic mass is 16.1. The first kappa shape index (κ1) is 11.8. The lowest BCUT2D eigenvalue weighted by Crippen LogP contribution is -3.00. The Bertz CT molecular complexity index is 687. The molecule has 0 bridgehead atoms. The first-order chi connectivity index (χ1) is 9.16. The fourth-order valence-electron chi connectivity index (χ4n) is 2.28. The van der Waals surface area contributed by atoms with Gasteiger partial charge in [0.15, 0.2) is 5.78 Å². The van der Waals surface area contributed by atoms with E-state index in [9.17, 15) is 4.79 Å². The van der Waals surface area contributed by atoms with Crippen molar-refractivity contribution >= 4 is 11.9 Å². The molecule has 0 saturated carbocycles. The standard InChI is InChI=1S/C16H14N2O/c1-18(2)8-7-11-9-14-12-5-3-4-6-13(12)16(19)15(14)10-17-11/h3-10H,1-2H3/p+1/b8-7+. The molecule has 94 valence electrons. The maximum atomic E-state index is 12.2. The zero-order valence-electron chi connectivity index (χ0n) is 11.0.